The fourth-order valence-corrected chi connectivity index (χ4v) is 2.37. The highest BCUT2D eigenvalue weighted by Gasteiger charge is 2.16. The highest BCUT2D eigenvalue weighted by molar-refractivity contribution is 6.07. The van der Waals surface area contributed by atoms with Crippen molar-refractivity contribution >= 4 is 17.3 Å². The molecular weight excluding hydrogens is 348 g/mol. The zero-order valence-electron chi connectivity index (χ0n) is 16.0. The van der Waals surface area contributed by atoms with Crippen LogP contribution < -0.4 is 10.1 Å². The number of hydrogen-bond donors (Lipinski definition) is 1. The van der Waals surface area contributed by atoms with E-state index in [9.17, 15) is 20.2 Å². The van der Waals surface area contributed by atoms with E-state index in [1.807, 2.05) is 11.0 Å². The van der Waals surface area contributed by atoms with Gasteiger partial charge in [-0.2, -0.15) is 5.26 Å². The van der Waals surface area contributed by atoms with E-state index in [4.69, 9.17) is 4.74 Å². The molecule has 0 unspecified atom stereocenters. The fraction of sp³-hybridized carbons (Fsp3) is 0.474. The van der Waals surface area contributed by atoms with Crippen LogP contribution in [0.25, 0.3) is 0 Å². The summed E-state index contributed by atoms with van der Waals surface area (Å²) in [6, 6.07) is 5.80. The monoisotopic (exact) mass is 374 g/mol. The van der Waals surface area contributed by atoms with Gasteiger partial charge in [0, 0.05) is 25.4 Å². The molecule has 0 radical (unpaired) electrons. The molecule has 0 atom stereocenters. The van der Waals surface area contributed by atoms with Gasteiger partial charge in [-0.15, -0.1) is 0 Å². The molecule has 8 nitrogen and oxygen atoms in total. The maximum Gasteiger partial charge on any atom is 0.273 e. The van der Waals surface area contributed by atoms with Crippen LogP contribution in [0.5, 0.6) is 5.75 Å². The first-order chi connectivity index (χ1) is 13.0. The third-order valence-electron chi connectivity index (χ3n) is 3.92. The molecule has 0 aliphatic heterocycles. The smallest absolute Gasteiger partial charge is 0.273 e. The summed E-state index contributed by atoms with van der Waals surface area (Å²) < 4.78 is 5.11. The molecule has 1 rings (SSSR count). The van der Waals surface area contributed by atoms with Gasteiger partial charge in [0.2, 0.25) is 0 Å². The van der Waals surface area contributed by atoms with Gasteiger partial charge in [0.15, 0.2) is 0 Å². The summed E-state index contributed by atoms with van der Waals surface area (Å²) in [5.74, 6) is -0.425. The van der Waals surface area contributed by atoms with Gasteiger partial charge in [-0.05, 0) is 18.9 Å². The molecule has 0 saturated carbocycles. The van der Waals surface area contributed by atoms with Gasteiger partial charge in [-0.1, -0.05) is 26.7 Å². The third-order valence-corrected chi connectivity index (χ3v) is 3.92. The quantitative estimate of drug-likeness (QED) is 0.273. The maximum absolute atomic E-state index is 12.5. The van der Waals surface area contributed by atoms with Gasteiger partial charge < -0.3 is 15.0 Å². The Kier molecular flexibility index (Phi) is 9.37. The number of anilines is 1. The van der Waals surface area contributed by atoms with Gasteiger partial charge in [0.1, 0.15) is 17.4 Å². The third kappa shape index (κ3) is 6.98. The van der Waals surface area contributed by atoms with Crippen molar-refractivity contribution in [3.05, 3.63) is 40.1 Å². The Morgan fingerprint density at radius 3 is 2.44 bits per heavy atom. The summed E-state index contributed by atoms with van der Waals surface area (Å²) in [7, 11) is 1.35. The van der Waals surface area contributed by atoms with E-state index in [0.717, 1.165) is 38.8 Å². The predicted molar refractivity (Wildman–Crippen MR) is 103 cm³/mol. The van der Waals surface area contributed by atoms with Crippen LogP contribution in [0.15, 0.2) is 30.0 Å². The van der Waals surface area contributed by atoms with E-state index >= 15 is 0 Å². The standard InChI is InChI=1S/C19H26N4O4/c1-4-6-10-22(11-7-5-2)14-15(13-20)19(24)21-17-9-8-16(23(25)26)12-18(17)27-3/h8-9,12,14H,4-7,10-11H2,1-3H3,(H,21,24)/b15-14-. The number of methoxy groups -OCH3 is 1. The number of carbonyl (C=O) groups excluding carboxylic acids is 1. The van der Waals surface area contributed by atoms with E-state index in [1.54, 1.807) is 6.20 Å². The van der Waals surface area contributed by atoms with Crippen molar-refractivity contribution in [2.24, 2.45) is 0 Å². The van der Waals surface area contributed by atoms with Crippen molar-refractivity contribution in [2.45, 2.75) is 39.5 Å². The van der Waals surface area contributed by atoms with E-state index < -0.39 is 10.8 Å². The molecule has 1 N–H and O–H groups in total. The minimum atomic E-state index is -0.581. The summed E-state index contributed by atoms with van der Waals surface area (Å²) in [5.41, 5.74) is 0.0942. The van der Waals surface area contributed by atoms with Crippen LogP contribution in [0.1, 0.15) is 39.5 Å². The van der Waals surface area contributed by atoms with Crippen LogP contribution in [0.2, 0.25) is 0 Å². The lowest BCUT2D eigenvalue weighted by molar-refractivity contribution is -0.384. The van der Waals surface area contributed by atoms with Gasteiger partial charge >= 0.3 is 0 Å². The van der Waals surface area contributed by atoms with Crippen molar-refractivity contribution in [1.82, 2.24) is 4.90 Å². The molecule has 1 aromatic rings. The van der Waals surface area contributed by atoms with Crippen molar-refractivity contribution < 1.29 is 14.5 Å². The molecule has 0 spiro atoms. The Hall–Kier alpha value is -3.08. The number of amides is 1. The summed E-state index contributed by atoms with van der Waals surface area (Å²) in [6.45, 7) is 5.71. The molecule has 0 aromatic heterocycles. The highest BCUT2D eigenvalue weighted by Crippen LogP contribution is 2.29. The number of hydrogen-bond acceptors (Lipinski definition) is 6. The van der Waals surface area contributed by atoms with Crippen LogP contribution in [-0.2, 0) is 4.79 Å². The number of rotatable bonds is 11. The van der Waals surface area contributed by atoms with E-state index in [0.29, 0.717) is 0 Å². The Balaban J connectivity index is 3.00. The second-order valence-corrected chi connectivity index (χ2v) is 5.99. The number of non-ortho nitro benzene ring substituents is 1. The topological polar surface area (TPSA) is 109 Å². The number of nitrogens with zero attached hydrogens (tertiary/aromatic N) is 3. The number of unbranched alkanes of at least 4 members (excludes halogenated alkanes) is 2. The summed E-state index contributed by atoms with van der Waals surface area (Å²) in [5, 5.41) is 22.8. The Morgan fingerprint density at radius 1 is 1.33 bits per heavy atom. The van der Waals surface area contributed by atoms with Crippen LogP contribution >= 0.6 is 0 Å². The molecule has 8 heteroatoms. The minimum absolute atomic E-state index is 0.0254. The Morgan fingerprint density at radius 2 is 1.96 bits per heavy atom. The number of nitro groups is 1. The van der Waals surface area contributed by atoms with Crippen molar-refractivity contribution in [3.8, 4) is 11.8 Å². The first-order valence-electron chi connectivity index (χ1n) is 8.96. The van der Waals surface area contributed by atoms with E-state index in [1.165, 1.54) is 25.3 Å². The lowest BCUT2D eigenvalue weighted by atomic mass is 10.2. The number of nitriles is 1. The Bertz CT molecular complexity index is 717. The first-order valence-corrected chi connectivity index (χ1v) is 8.96. The highest BCUT2D eigenvalue weighted by atomic mass is 16.6. The van der Waals surface area contributed by atoms with Gasteiger partial charge in [0.05, 0.1) is 23.8 Å². The fourth-order valence-electron chi connectivity index (χ4n) is 2.37. The number of benzene rings is 1. The van der Waals surface area contributed by atoms with Crippen LogP contribution in [0, 0.1) is 21.4 Å². The molecule has 146 valence electrons. The average molecular weight is 374 g/mol. The van der Waals surface area contributed by atoms with Crippen molar-refractivity contribution in [2.75, 3.05) is 25.5 Å². The maximum atomic E-state index is 12.5. The van der Waals surface area contributed by atoms with Crippen molar-refractivity contribution in [1.29, 1.82) is 5.26 Å². The molecule has 0 heterocycles. The van der Waals surface area contributed by atoms with Crippen LogP contribution in [0.3, 0.4) is 0 Å². The molecular formula is C19H26N4O4. The molecule has 0 aliphatic carbocycles. The number of ether oxygens (including phenoxy) is 1. The minimum Gasteiger partial charge on any atom is -0.494 e. The zero-order chi connectivity index (χ0) is 20.2. The Labute approximate surface area is 159 Å². The van der Waals surface area contributed by atoms with Gasteiger partial charge in [0.25, 0.3) is 11.6 Å². The SMILES string of the molecule is CCCCN(/C=C(/C#N)C(=O)Nc1ccc([N+](=O)[O-])cc1OC)CCCC. The van der Waals surface area contributed by atoms with Crippen LogP contribution in [-0.4, -0.2) is 35.9 Å². The zero-order valence-corrected chi connectivity index (χ0v) is 16.0. The summed E-state index contributed by atoms with van der Waals surface area (Å²) >= 11 is 0. The lowest BCUT2D eigenvalue weighted by Gasteiger charge is -2.20. The number of nitrogens with one attached hydrogen (secondary N) is 1. The summed E-state index contributed by atoms with van der Waals surface area (Å²) in [4.78, 5) is 24.8. The molecule has 0 bridgehead atoms. The number of carbonyl (C=O) groups is 1. The largest absolute Gasteiger partial charge is 0.494 e. The predicted octanol–water partition coefficient (Wildman–Crippen LogP) is 3.85. The first kappa shape index (κ1) is 22.0. The molecule has 1 aromatic carbocycles. The molecule has 0 saturated heterocycles. The van der Waals surface area contributed by atoms with E-state index in [2.05, 4.69) is 19.2 Å². The van der Waals surface area contributed by atoms with Crippen LogP contribution in [0.4, 0.5) is 11.4 Å². The second-order valence-electron chi connectivity index (χ2n) is 5.99. The molecule has 0 aliphatic rings. The molecule has 27 heavy (non-hydrogen) atoms. The molecule has 1 amide bonds. The summed E-state index contributed by atoms with van der Waals surface area (Å²) in [6.07, 6.45) is 5.56. The normalized spacial score (nSPS) is 10.8. The average Bonchev–Trinajstić information content (AvgIpc) is 2.67. The van der Waals surface area contributed by atoms with Gasteiger partial charge in [-0.3, -0.25) is 14.9 Å². The lowest BCUT2D eigenvalue weighted by Crippen LogP contribution is -2.23. The van der Waals surface area contributed by atoms with E-state index in [-0.39, 0.29) is 22.7 Å². The molecule has 0 fully saturated rings. The van der Waals surface area contributed by atoms with Gasteiger partial charge in [-0.25, -0.2) is 0 Å². The second kappa shape index (κ2) is 11.5. The van der Waals surface area contributed by atoms with Crippen molar-refractivity contribution in [3.63, 3.8) is 0 Å². The number of nitro benzene ring substituents is 1.